The Balaban J connectivity index is 1.78. The van der Waals surface area contributed by atoms with Gasteiger partial charge in [0.25, 0.3) is 20.0 Å². The molecule has 5 rings (SSSR count). The zero-order valence-electron chi connectivity index (χ0n) is 18.3. The summed E-state index contributed by atoms with van der Waals surface area (Å²) in [5.41, 5.74) is 6.36. The summed E-state index contributed by atoms with van der Waals surface area (Å²) in [6.45, 7) is 0. The Morgan fingerprint density at radius 2 is 1.24 bits per heavy atom. The predicted molar refractivity (Wildman–Crippen MR) is 130 cm³/mol. The maximum atomic E-state index is 14.2. The Labute approximate surface area is 198 Å². The summed E-state index contributed by atoms with van der Waals surface area (Å²) in [5, 5.41) is 2.02. The highest BCUT2D eigenvalue weighted by atomic mass is 32.3. The lowest BCUT2D eigenvalue weighted by molar-refractivity contribution is 0.291. The third-order valence-corrected chi connectivity index (χ3v) is 10.9. The van der Waals surface area contributed by atoms with Crippen LogP contribution in [0.4, 0.5) is 0 Å². The molecule has 2 heterocycles. The fourth-order valence-electron chi connectivity index (χ4n) is 4.72. The highest BCUT2D eigenvalue weighted by Crippen LogP contribution is 2.36. The van der Waals surface area contributed by atoms with E-state index >= 15 is 0 Å². The second kappa shape index (κ2) is 8.70. The molecular formula is C24H24N4O4S2. The third kappa shape index (κ3) is 3.76. The summed E-state index contributed by atoms with van der Waals surface area (Å²) in [4.78, 5) is 7.95. The summed E-state index contributed by atoms with van der Waals surface area (Å²) in [6.07, 6.45) is 8.51. The molecule has 0 aliphatic heterocycles. The van der Waals surface area contributed by atoms with E-state index in [0.29, 0.717) is 44.5 Å². The van der Waals surface area contributed by atoms with Gasteiger partial charge in [-0.1, -0.05) is 40.8 Å². The van der Waals surface area contributed by atoms with Crippen LogP contribution >= 0.6 is 0 Å². The fraction of sp³-hybridized carbons (Fsp3) is 0.250. The lowest BCUT2D eigenvalue weighted by atomic mass is 9.92. The van der Waals surface area contributed by atoms with Gasteiger partial charge in [0.05, 0.1) is 15.8 Å². The van der Waals surface area contributed by atoms with Gasteiger partial charge in [-0.2, -0.15) is 0 Å². The fourth-order valence-corrected chi connectivity index (χ4v) is 9.28. The Bertz CT molecular complexity index is 1470. The second-order valence-corrected chi connectivity index (χ2v) is 12.3. The number of hydrogen-bond acceptors (Lipinski definition) is 7. The smallest absolute Gasteiger partial charge is 0.257 e. The zero-order chi connectivity index (χ0) is 23.9. The van der Waals surface area contributed by atoms with Crippen LogP contribution in [0.3, 0.4) is 0 Å². The van der Waals surface area contributed by atoms with E-state index in [9.17, 15) is 16.8 Å². The van der Waals surface area contributed by atoms with E-state index in [4.69, 9.17) is 5.73 Å². The first-order valence-corrected chi connectivity index (χ1v) is 13.9. The van der Waals surface area contributed by atoms with E-state index in [2.05, 4.69) is 9.97 Å². The van der Waals surface area contributed by atoms with Gasteiger partial charge >= 0.3 is 0 Å². The standard InChI is InChI=1S/C24H24N4O4S2/c25-21-7-1-2-8-22(21)28(33(29,30)23-9-3-5-17-15-26-13-11-19(17)23)34(31,32)24-10-4-6-18-16-27-14-12-20(18)24/h3-6,9-16,21-22H,1-2,7-8,25H2/t21-,22-/m0/s1. The van der Waals surface area contributed by atoms with Gasteiger partial charge < -0.3 is 5.73 Å². The molecule has 1 aliphatic rings. The number of nitrogens with zero attached hydrogens (tertiary/aromatic N) is 3. The normalized spacial score (nSPS) is 19.6. The Kier molecular flexibility index (Phi) is 5.85. The SMILES string of the molecule is N[C@H]1CCCC[C@@H]1N(S(=O)(=O)c1cccc2cnccc12)S(=O)(=O)c1cccc2cnccc12. The van der Waals surface area contributed by atoms with Gasteiger partial charge in [0, 0.05) is 52.4 Å². The van der Waals surface area contributed by atoms with Gasteiger partial charge in [-0.25, -0.2) is 16.8 Å². The van der Waals surface area contributed by atoms with Crippen molar-refractivity contribution in [2.75, 3.05) is 0 Å². The topological polar surface area (TPSA) is 123 Å². The first kappa shape index (κ1) is 22.9. The average molecular weight is 497 g/mol. The number of rotatable bonds is 5. The third-order valence-electron chi connectivity index (χ3n) is 6.36. The quantitative estimate of drug-likeness (QED) is 0.449. The number of nitrogens with two attached hydrogens (primary N) is 1. The molecule has 0 radical (unpaired) electrons. The van der Waals surface area contributed by atoms with Crippen molar-refractivity contribution in [3.8, 4) is 0 Å². The highest BCUT2D eigenvalue weighted by Gasteiger charge is 2.46. The minimum absolute atomic E-state index is 0.0874. The van der Waals surface area contributed by atoms with Crippen molar-refractivity contribution >= 4 is 41.6 Å². The Hall–Kier alpha value is -2.92. The molecule has 2 N–H and O–H groups in total. The summed E-state index contributed by atoms with van der Waals surface area (Å²) in [7, 11) is -9.03. The number of aromatic nitrogens is 2. The maximum Gasteiger partial charge on any atom is 0.257 e. The molecule has 2 aromatic heterocycles. The number of sulfonamides is 2. The Morgan fingerprint density at radius 1 is 0.735 bits per heavy atom. The van der Waals surface area contributed by atoms with Crippen LogP contribution < -0.4 is 5.73 Å². The van der Waals surface area contributed by atoms with Crippen molar-refractivity contribution in [2.24, 2.45) is 5.73 Å². The molecule has 0 bridgehead atoms. The van der Waals surface area contributed by atoms with Crippen molar-refractivity contribution < 1.29 is 16.8 Å². The molecule has 1 fully saturated rings. The minimum Gasteiger partial charge on any atom is -0.326 e. The molecule has 0 unspecified atom stereocenters. The first-order chi connectivity index (χ1) is 16.3. The number of fused-ring (bicyclic) bond motifs is 2. The molecule has 0 spiro atoms. The van der Waals surface area contributed by atoms with Gasteiger partial charge in [0.1, 0.15) is 0 Å². The van der Waals surface area contributed by atoms with E-state index in [-0.39, 0.29) is 9.79 Å². The molecule has 176 valence electrons. The highest BCUT2D eigenvalue weighted by molar-refractivity contribution is 8.04. The van der Waals surface area contributed by atoms with Crippen LogP contribution in [0.25, 0.3) is 21.5 Å². The van der Waals surface area contributed by atoms with Crippen molar-refractivity contribution in [1.82, 2.24) is 13.7 Å². The van der Waals surface area contributed by atoms with E-state index in [1.54, 1.807) is 48.8 Å². The summed E-state index contributed by atoms with van der Waals surface area (Å²) in [6, 6.07) is 11.2. The van der Waals surface area contributed by atoms with E-state index in [0.717, 1.165) is 6.42 Å². The van der Waals surface area contributed by atoms with Crippen LogP contribution in [0.5, 0.6) is 0 Å². The lowest BCUT2D eigenvalue weighted by Gasteiger charge is -2.36. The van der Waals surface area contributed by atoms with Gasteiger partial charge in [0.2, 0.25) is 0 Å². The number of pyridine rings is 2. The van der Waals surface area contributed by atoms with Gasteiger partial charge in [-0.05, 0) is 37.1 Å². The molecule has 10 heteroatoms. The summed E-state index contributed by atoms with van der Waals surface area (Å²) in [5.74, 6) is 0. The molecule has 2 aromatic carbocycles. The average Bonchev–Trinajstić information content (AvgIpc) is 2.84. The maximum absolute atomic E-state index is 14.2. The molecular weight excluding hydrogens is 472 g/mol. The lowest BCUT2D eigenvalue weighted by Crippen LogP contribution is -2.54. The molecule has 1 saturated carbocycles. The van der Waals surface area contributed by atoms with Gasteiger partial charge in [0.15, 0.2) is 0 Å². The van der Waals surface area contributed by atoms with Crippen molar-refractivity contribution in [2.45, 2.75) is 47.6 Å². The van der Waals surface area contributed by atoms with Crippen molar-refractivity contribution in [1.29, 1.82) is 0 Å². The second-order valence-electron chi connectivity index (χ2n) is 8.46. The largest absolute Gasteiger partial charge is 0.326 e. The number of hydrogen-bond donors (Lipinski definition) is 1. The van der Waals surface area contributed by atoms with E-state index in [1.807, 2.05) is 0 Å². The van der Waals surface area contributed by atoms with Crippen LogP contribution in [-0.4, -0.2) is 42.6 Å². The van der Waals surface area contributed by atoms with Crippen molar-refractivity contribution in [3.63, 3.8) is 0 Å². The molecule has 4 aromatic rings. The van der Waals surface area contributed by atoms with E-state index in [1.165, 1.54) is 24.5 Å². The zero-order valence-corrected chi connectivity index (χ0v) is 19.9. The summed E-state index contributed by atoms with van der Waals surface area (Å²) < 4.78 is 57.5. The number of benzene rings is 2. The van der Waals surface area contributed by atoms with Crippen LogP contribution in [0.2, 0.25) is 0 Å². The molecule has 0 amide bonds. The molecule has 1 aliphatic carbocycles. The van der Waals surface area contributed by atoms with Crippen LogP contribution in [-0.2, 0) is 20.0 Å². The van der Waals surface area contributed by atoms with Crippen LogP contribution in [0.15, 0.2) is 83.1 Å². The Morgan fingerprint density at radius 3 is 1.74 bits per heavy atom. The molecule has 0 saturated heterocycles. The monoisotopic (exact) mass is 496 g/mol. The molecule has 34 heavy (non-hydrogen) atoms. The van der Waals surface area contributed by atoms with Crippen molar-refractivity contribution in [3.05, 3.63) is 73.3 Å². The van der Waals surface area contributed by atoms with Crippen LogP contribution in [0.1, 0.15) is 25.7 Å². The van der Waals surface area contributed by atoms with Gasteiger partial charge in [-0.15, -0.1) is 0 Å². The first-order valence-electron chi connectivity index (χ1n) is 11.0. The predicted octanol–water partition coefficient (Wildman–Crippen LogP) is 3.43. The molecule has 8 nitrogen and oxygen atoms in total. The minimum atomic E-state index is -4.51. The van der Waals surface area contributed by atoms with Crippen LogP contribution in [0, 0.1) is 0 Å². The molecule has 2 atom stereocenters. The van der Waals surface area contributed by atoms with E-state index < -0.39 is 32.1 Å². The van der Waals surface area contributed by atoms with Gasteiger partial charge in [-0.3, -0.25) is 9.97 Å². The summed E-state index contributed by atoms with van der Waals surface area (Å²) >= 11 is 0.